The minimum absolute atomic E-state index is 0.00144. The van der Waals surface area contributed by atoms with Gasteiger partial charge in [-0.2, -0.15) is 0 Å². The van der Waals surface area contributed by atoms with E-state index in [1.807, 2.05) is 0 Å². The summed E-state index contributed by atoms with van der Waals surface area (Å²) in [5.74, 6) is 0.459. The van der Waals surface area contributed by atoms with Crippen molar-refractivity contribution in [1.29, 1.82) is 0 Å². The molecule has 0 fully saturated rings. The lowest BCUT2D eigenvalue weighted by Gasteiger charge is -2.20. The molecule has 1 aromatic heterocycles. The van der Waals surface area contributed by atoms with Gasteiger partial charge in [0.15, 0.2) is 0 Å². The monoisotopic (exact) mass is 315 g/mol. The SMILES string of the molecule is Bc1csc(C(=C)NC(CSC#C)c2ccc(F)cc2)c1. The third-order valence-electron chi connectivity index (χ3n) is 2.98. The Bertz CT molecular complexity index is 658. The third kappa shape index (κ3) is 4.42. The fraction of sp³-hybridized carbons (Fsp3) is 0.125. The average molecular weight is 315 g/mol. The van der Waals surface area contributed by atoms with Crippen molar-refractivity contribution in [2.75, 3.05) is 5.75 Å². The minimum atomic E-state index is -0.241. The highest BCUT2D eigenvalue weighted by Crippen LogP contribution is 2.23. The summed E-state index contributed by atoms with van der Waals surface area (Å²) in [6.45, 7) is 4.09. The van der Waals surface area contributed by atoms with Crippen molar-refractivity contribution in [3.8, 4) is 11.7 Å². The Kier molecular flexibility index (Phi) is 5.55. The molecule has 0 radical (unpaired) electrons. The van der Waals surface area contributed by atoms with Crippen LogP contribution in [0, 0.1) is 17.5 Å². The van der Waals surface area contributed by atoms with Gasteiger partial charge in [0.2, 0.25) is 0 Å². The third-order valence-corrected chi connectivity index (χ3v) is 4.76. The first kappa shape index (κ1) is 15.7. The summed E-state index contributed by atoms with van der Waals surface area (Å²) in [5, 5.41) is 8.05. The second kappa shape index (κ2) is 7.40. The number of rotatable bonds is 6. The number of thioether (sulfide) groups is 1. The van der Waals surface area contributed by atoms with Crippen LogP contribution in [0.1, 0.15) is 16.5 Å². The quantitative estimate of drug-likeness (QED) is 0.650. The minimum Gasteiger partial charge on any atom is -0.377 e. The maximum absolute atomic E-state index is 13.1. The maximum Gasteiger partial charge on any atom is 0.140 e. The second-order valence-corrected chi connectivity index (χ2v) is 6.41. The second-order valence-electron chi connectivity index (χ2n) is 4.64. The van der Waals surface area contributed by atoms with Crippen LogP contribution in [-0.2, 0) is 0 Å². The number of halogens is 1. The van der Waals surface area contributed by atoms with Crippen LogP contribution in [0.4, 0.5) is 4.39 Å². The Morgan fingerprint density at radius 1 is 1.48 bits per heavy atom. The lowest BCUT2D eigenvalue weighted by atomic mass is 10.0. The van der Waals surface area contributed by atoms with E-state index < -0.39 is 0 Å². The van der Waals surface area contributed by atoms with E-state index in [0.717, 1.165) is 16.1 Å². The first-order valence-corrected chi connectivity index (χ1v) is 8.30. The maximum atomic E-state index is 13.1. The van der Waals surface area contributed by atoms with Crippen LogP contribution in [0.2, 0.25) is 0 Å². The number of hydrogen-bond acceptors (Lipinski definition) is 3. The Morgan fingerprint density at radius 2 is 2.19 bits per heavy atom. The van der Waals surface area contributed by atoms with Crippen LogP contribution >= 0.6 is 23.1 Å². The molecular weight excluding hydrogens is 300 g/mol. The summed E-state index contributed by atoms with van der Waals surface area (Å²) >= 11 is 3.04. The molecule has 0 bridgehead atoms. The lowest BCUT2D eigenvalue weighted by molar-refractivity contribution is 0.624. The van der Waals surface area contributed by atoms with E-state index in [1.54, 1.807) is 23.5 Å². The molecule has 1 nitrogen and oxygen atoms in total. The molecule has 0 aliphatic heterocycles. The highest BCUT2D eigenvalue weighted by Gasteiger charge is 2.13. The van der Waals surface area contributed by atoms with E-state index in [2.05, 4.69) is 36.4 Å². The number of nitrogens with one attached hydrogen (secondary N) is 1. The van der Waals surface area contributed by atoms with Gasteiger partial charge in [-0.15, -0.1) is 17.8 Å². The molecule has 0 saturated heterocycles. The van der Waals surface area contributed by atoms with Crippen LogP contribution in [-0.4, -0.2) is 13.6 Å². The molecule has 1 aromatic carbocycles. The summed E-state index contributed by atoms with van der Waals surface area (Å²) in [6.07, 6.45) is 5.33. The van der Waals surface area contributed by atoms with Gasteiger partial charge in [0, 0.05) is 16.3 Å². The highest BCUT2D eigenvalue weighted by atomic mass is 32.2. The van der Waals surface area contributed by atoms with Crippen molar-refractivity contribution in [3.63, 3.8) is 0 Å². The Morgan fingerprint density at radius 3 is 2.76 bits per heavy atom. The van der Waals surface area contributed by atoms with E-state index in [4.69, 9.17) is 6.42 Å². The zero-order valence-corrected chi connectivity index (χ0v) is 13.4. The molecule has 0 amide bonds. The predicted octanol–water partition coefficient (Wildman–Crippen LogP) is 2.77. The van der Waals surface area contributed by atoms with Gasteiger partial charge >= 0.3 is 0 Å². The van der Waals surface area contributed by atoms with Crippen LogP contribution in [0.5, 0.6) is 0 Å². The van der Waals surface area contributed by atoms with E-state index in [-0.39, 0.29) is 11.9 Å². The fourth-order valence-electron chi connectivity index (χ4n) is 1.92. The number of terminal acetylenes is 1. The van der Waals surface area contributed by atoms with Gasteiger partial charge in [-0.3, -0.25) is 0 Å². The van der Waals surface area contributed by atoms with E-state index in [0.29, 0.717) is 5.75 Å². The predicted molar refractivity (Wildman–Crippen MR) is 95.1 cm³/mol. The molecule has 2 aromatic rings. The van der Waals surface area contributed by atoms with Gasteiger partial charge in [0.25, 0.3) is 0 Å². The summed E-state index contributed by atoms with van der Waals surface area (Å²) in [4.78, 5) is 1.10. The van der Waals surface area contributed by atoms with Gasteiger partial charge in [-0.1, -0.05) is 35.9 Å². The highest BCUT2D eigenvalue weighted by molar-refractivity contribution is 8.03. The van der Waals surface area contributed by atoms with Crippen molar-refractivity contribution in [3.05, 3.63) is 58.5 Å². The summed E-state index contributed by atoms with van der Waals surface area (Å²) in [5.41, 5.74) is 3.07. The van der Waals surface area contributed by atoms with Crippen LogP contribution in [0.3, 0.4) is 0 Å². The normalized spacial score (nSPS) is 11.6. The number of thiophene rings is 1. The first-order valence-electron chi connectivity index (χ1n) is 6.44. The molecule has 1 unspecified atom stereocenters. The number of hydrogen-bond donors (Lipinski definition) is 1. The molecule has 21 heavy (non-hydrogen) atoms. The van der Waals surface area contributed by atoms with Crippen molar-refractivity contribution >= 4 is 42.1 Å². The molecule has 2 rings (SSSR count). The fourth-order valence-corrected chi connectivity index (χ4v) is 3.29. The summed E-state index contributed by atoms with van der Waals surface area (Å²) in [6, 6.07) is 8.57. The van der Waals surface area contributed by atoms with E-state index in [9.17, 15) is 4.39 Å². The average Bonchev–Trinajstić information content (AvgIpc) is 2.91. The van der Waals surface area contributed by atoms with Crippen molar-refractivity contribution < 1.29 is 4.39 Å². The van der Waals surface area contributed by atoms with Crippen molar-refractivity contribution in [2.24, 2.45) is 0 Å². The van der Waals surface area contributed by atoms with Crippen LogP contribution in [0.25, 0.3) is 5.70 Å². The van der Waals surface area contributed by atoms with Gasteiger partial charge < -0.3 is 5.32 Å². The molecule has 5 heteroatoms. The molecule has 0 spiro atoms. The van der Waals surface area contributed by atoms with Gasteiger partial charge in [-0.05, 0) is 34.4 Å². The van der Waals surface area contributed by atoms with E-state index in [1.165, 1.54) is 29.4 Å². The molecule has 1 heterocycles. The standard InChI is InChI=1S/C16H15BFNS2/c1-3-20-10-15(12-4-6-14(18)7-5-12)19-11(2)16-8-13(17)9-21-16/h1,4-9,15,19H,2,10,17H2. The summed E-state index contributed by atoms with van der Waals surface area (Å²) < 4.78 is 13.1. The van der Waals surface area contributed by atoms with Gasteiger partial charge in [-0.25, -0.2) is 4.39 Å². The Balaban J connectivity index is 2.14. The van der Waals surface area contributed by atoms with Crippen LogP contribution < -0.4 is 10.8 Å². The molecule has 0 saturated carbocycles. The zero-order chi connectivity index (χ0) is 15.2. The first-order chi connectivity index (χ1) is 10.1. The molecule has 106 valence electrons. The lowest BCUT2D eigenvalue weighted by Crippen LogP contribution is -2.21. The molecule has 1 atom stereocenters. The topological polar surface area (TPSA) is 12.0 Å². The molecular formula is C16H15BFNS2. The largest absolute Gasteiger partial charge is 0.377 e. The molecule has 0 aliphatic rings. The molecule has 1 N–H and O–H groups in total. The Labute approximate surface area is 134 Å². The van der Waals surface area contributed by atoms with Crippen LogP contribution in [0.15, 0.2) is 42.3 Å². The van der Waals surface area contributed by atoms with Gasteiger partial charge in [0.05, 0.1) is 6.04 Å². The van der Waals surface area contributed by atoms with E-state index >= 15 is 0 Å². The van der Waals surface area contributed by atoms with Crippen molar-refractivity contribution in [1.82, 2.24) is 5.32 Å². The smallest absolute Gasteiger partial charge is 0.140 e. The molecule has 0 aliphatic carbocycles. The van der Waals surface area contributed by atoms with Gasteiger partial charge in [0.1, 0.15) is 13.7 Å². The zero-order valence-electron chi connectivity index (χ0n) is 11.7. The summed E-state index contributed by atoms with van der Waals surface area (Å²) in [7, 11) is 2.05. The number of benzene rings is 1. The van der Waals surface area contributed by atoms with Crippen molar-refractivity contribution in [2.45, 2.75) is 6.04 Å². The Hall–Kier alpha value is -1.64.